The summed E-state index contributed by atoms with van der Waals surface area (Å²) < 4.78 is 2.36. The maximum atomic E-state index is 12.3. The van der Waals surface area contributed by atoms with Gasteiger partial charge in [-0.1, -0.05) is 30.3 Å². The lowest BCUT2D eigenvalue weighted by Gasteiger charge is -2.21. The molecule has 0 spiro atoms. The number of thiophene rings is 1. The Kier molecular flexibility index (Phi) is 5.10. The molecule has 0 aliphatic heterocycles. The maximum absolute atomic E-state index is 12.3. The Labute approximate surface area is 156 Å². The molecule has 3 N–H and O–H groups in total. The number of hydrogen-bond donors (Lipinski definition) is 2. The van der Waals surface area contributed by atoms with E-state index in [1.165, 1.54) is 4.57 Å². The van der Waals surface area contributed by atoms with E-state index in [9.17, 15) is 9.59 Å². The molecule has 2 heterocycles. The first-order valence-corrected chi connectivity index (χ1v) is 9.24. The van der Waals surface area contributed by atoms with Crippen LogP contribution in [0.25, 0.3) is 0 Å². The van der Waals surface area contributed by atoms with Crippen LogP contribution in [0.15, 0.2) is 55.8 Å². The summed E-state index contributed by atoms with van der Waals surface area (Å²) in [5.74, 6) is 0.160. The molecule has 130 valence electrons. The van der Waals surface area contributed by atoms with Gasteiger partial charge in [0.05, 0.1) is 13.1 Å². The molecule has 0 atom stereocenters. The standard InChI is InChI=1S/C17H17BrN4O2S/c1-21(10-13-12(18)7-8-25-13)14-15(19)22(17(24)20-16(14)23)9-11-5-3-2-4-6-11/h2-8H,9-10,19H2,1H3,(H,20,23,24). The molecule has 0 fully saturated rings. The third kappa shape index (κ3) is 3.69. The number of anilines is 2. The largest absolute Gasteiger partial charge is 0.383 e. The fourth-order valence-electron chi connectivity index (χ4n) is 2.60. The summed E-state index contributed by atoms with van der Waals surface area (Å²) in [6.45, 7) is 0.806. The van der Waals surface area contributed by atoms with E-state index >= 15 is 0 Å². The van der Waals surface area contributed by atoms with Crippen LogP contribution in [0.2, 0.25) is 0 Å². The molecule has 6 nitrogen and oxygen atoms in total. The Bertz CT molecular complexity index is 994. The minimum Gasteiger partial charge on any atom is -0.383 e. The van der Waals surface area contributed by atoms with Crippen molar-refractivity contribution in [1.29, 1.82) is 0 Å². The topological polar surface area (TPSA) is 84.1 Å². The quantitative estimate of drug-likeness (QED) is 0.664. The third-order valence-corrected chi connectivity index (χ3v) is 5.76. The van der Waals surface area contributed by atoms with Crippen molar-refractivity contribution in [3.8, 4) is 0 Å². The Morgan fingerprint density at radius 2 is 1.96 bits per heavy atom. The normalized spacial score (nSPS) is 10.8. The van der Waals surface area contributed by atoms with Crippen LogP contribution in [-0.4, -0.2) is 16.6 Å². The third-order valence-electron chi connectivity index (χ3n) is 3.85. The zero-order valence-electron chi connectivity index (χ0n) is 13.5. The van der Waals surface area contributed by atoms with Crippen LogP contribution in [0, 0.1) is 0 Å². The number of benzene rings is 1. The SMILES string of the molecule is CN(Cc1sccc1Br)c1c(N)n(Cc2ccccc2)c(=O)[nH]c1=O. The zero-order chi connectivity index (χ0) is 18.0. The van der Waals surface area contributed by atoms with E-state index in [-0.39, 0.29) is 11.5 Å². The Morgan fingerprint density at radius 1 is 1.24 bits per heavy atom. The van der Waals surface area contributed by atoms with Crippen LogP contribution < -0.4 is 21.9 Å². The number of nitrogens with one attached hydrogen (secondary N) is 1. The summed E-state index contributed by atoms with van der Waals surface area (Å²) in [4.78, 5) is 29.7. The molecule has 0 aliphatic rings. The summed E-state index contributed by atoms with van der Waals surface area (Å²) in [5.41, 5.74) is 6.41. The van der Waals surface area contributed by atoms with E-state index in [4.69, 9.17) is 5.73 Å². The van der Waals surface area contributed by atoms with Crippen molar-refractivity contribution in [2.75, 3.05) is 17.7 Å². The first kappa shape index (κ1) is 17.5. The number of H-pyrrole nitrogens is 1. The van der Waals surface area contributed by atoms with Crippen LogP contribution in [0.1, 0.15) is 10.4 Å². The van der Waals surface area contributed by atoms with Crippen molar-refractivity contribution in [3.05, 3.63) is 77.5 Å². The molecule has 2 aromatic heterocycles. The first-order chi connectivity index (χ1) is 12.0. The van der Waals surface area contributed by atoms with E-state index in [2.05, 4.69) is 20.9 Å². The van der Waals surface area contributed by atoms with Gasteiger partial charge >= 0.3 is 5.69 Å². The van der Waals surface area contributed by atoms with Crippen LogP contribution >= 0.6 is 27.3 Å². The van der Waals surface area contributed by atoms with Gasteiger partial charge in [0.25, 0.3) is 5.56 Å². The van der Waals surface area contributed by atoms with Crippen molar-refractivity contribution in [2.24, 2.45) is 0 Å². The second kappa shape index (κ2) is 7.28. The average Bonchev–Trinajstić information content (AvgIpc) is 2.97. The van der Waals surface area contributed by atoms with E-state index in [1.807, 2.05) is 41.8 Å². The second-order valence-corrected chi connectivity index (χ2v) is 7.47. The van der Waals surface area contributed by atoms with Crippen LogP contribution in [-0.2, 0) is 13.1 Å². The lowest BCUT2D eigenvalue weighted by Crippen LogP contribution is -2.37. The first-order valence-electron chi connectivity index (χ1n) is 7.57. The van der Waals surface area contributed by atoms with Crippen molar-refractivity contribution >= 4 is 38.8 Å². The fraction of sp³-hybridized carbons (Fsp3) is 0.176. The molecule has 0 aliphatic carbocycles. The van der Waals surface area contributed by atoms with Crippen molar-refractivity contribution in [3.63, 3.8) is 0 Å². The molecular formula is C17H17BrN4O2S. The predicted octanol–water partition coefficient (Wildman–Crippen LogP) is 2.63. The molecule has 3 aromatic rings. The van der Waals surface area contributed by atoms with Gasteiger partial charge in [-0.25, -0.2) is 4.79 Å². The second-order valence-electron chi connectivity index (χ2n) is 5.61. The van der Waals surface area contributed by atoms with Crippen LogP contribution in [0.3, 0.4) is 0 Å². The number of rotatable bonds is 5. The number of halogens is 1. The monoisotopic (exact) mass is 420 g/mol. The predicted molar refractivity (Wildman–Crippen MR) is 105 cm³/mol. The summed E-state index contributed by atoms with van der Waals surface area (Å²) in [6.07, 6.45) is 0. The number of hydrogen-bond acceptors (Lipinski definition) is 5. The molecule has 0 unspecified atom stereocenters. The minimum atomic E-state index is -0.513. The number of aromatic nitrogens is 2. The van der Waals surface area contributed by atoms with Gasteiger partial charge in [0.2, 0.25) is 0 Å². The van der Waals surface area contributed by atoms with Gasteiger partial charge < -0.3 is 10.6 Å². The molecule has 0 amide bonds. The van der Waals surface area contributed by atoms with Gasteiger partial charge in [-0.3, -0.25) is 14.3 Å². The zero-order valence-corrected chi connectivity index (χ0v) is 15.9. The minimum absolute atomic E-state index is 0.160. The van der Waals surface area contributed by atoms with Gasteiger partial charge in [0.15, 0.2) is 0 Å². The summed E-state index contributed by atoms with van der Waals surface area (Å²) in [6, 6.07) is 11.5. The fourth-order valence-corrected chi connectivity index (χ4v) is 4.13. The molecule has 0 saturated carbocycles. The number of nitrogens with two attached hydrogens (primary N) is 1. The molecule has 25 heavy (non-hydrogen) atoms. The summed E-state index contributed by atoms with van der Waals surface area (Å²) in [5, 5.41) is 1.97. The van der Waals surface area contributed by atoms with Crippen molar-refractivity contribution in [2.45, 2.75) is 13.1 Å². The highest BCUT2D eigenvalue weighted by Gasteiger charge is 2.17. The van der Waals surface area contributed by atoms with Gasteiger partial charge in [0.1, 0.15) is 11.5 Å². The van der Waals surface area contributed by atoms with E-state index in [1.54, 1.807) is 23.3 Å². The van der Waals surface area contributed by atoms with Gasteiger partial charge in [-0.2, -0.15) is 0 Å². The van der Waals surface area contributed by atoms with E-state index in [0.29, 0.717) is 13.1 Å². The Hall–Kier alpha value is -2.32. The van der Waals surface area contributed by atoms with Gasteiger partial charge in [-0.05, 0) is 32.9 Å². The van der Waals surface area contributed by atoms with Crippen LogP contribution in [0.5, 0.6) is 0 Å². The highest BCUT2D eigenvalue weighted by Crippen LogP contribution is 2.26. The van der Waals surface area contributed by atoms with Crippen molar-refractivity contribution < 1.29 is 0 Å². The molecular weight excluding hydrogens is 404 g/mol. The average molecular weight is 421 g/mol. The van der Waals surface area contributed by atoms with Gasteiger partial charge in [-0.15, -0.1) is 11.3 Å². The van der Waals surface area contributed by atoms with Gasteiger partial charge in [0, 0.05) is 16.4 Å². The smallest absolute Gasteiger partial charge is 0.330 e. The Morgan fingerprint density at radius 3 is 2.60 bits per heavy atom. The molecule has 8 heteroatoms. The number of nitrogen functional groups attached to an aromatic ring is 1. The van der Waals surface area contributed by atoms with E-state index < -0.39 is 11.2 Å². The highest BCUT2D eigenvalue weighted by molar-refractivity contribution is 9.10. The highest BCUT2D eigenvalue weighted by atomic mass is 79.9. The molecule has 0 bridgehead atoms. The lowest BCUT2D eigenvalue weighted by atomic mass is 10.2. The van der Waals surface area contributed by atoms with E-state index in [0.717, 1.165) is 14.9 Å². The van der Waals surface area contributed by atoms with Crippen LogP contribution in [0.4, 0.5) is 11.5 Å². The molecule has 3 rings (SSSR count). The summed E-state index contributed by atoms with van der Waals surface area (Å²) >= 11 is 5.07. The summed E-state index contributed by atoms with van der Waals surface area (Å²) in [7, 11) is 1.78. The van der Waals surface area contributed by atoms with Crippen molar-refractivity contribution in [1.82, 2.24) is 9.55 Å². The molecule has 0 saturated heterocycles. The molecule has 0 radical (unpaired) electrons. The lowest BCUT2D eigenvalue weighted by molar-refractivity contribution is 0.726. The molecule has 1 aromatic carbocycles. The number of nitrogens with zero attached hydrogens (tertiary/aromatic N) is 2. The maximum Gasteiger partial charge on any atom is 0.330 e. The Balaban J connectivity index is 1.99. The number of aromatic amines is 1.